The number of nitrogens with zero attached hydrogens (tertiary/aromatic N) is 3. The number of benzene rings is 1. The highest BCUT2D eigenvalue weighted by atomic mass is 32.2. The fourth-order valence-electron chi connectivity index (χ4n) is 3.30. The minimum absolute atomic E-state index is 0.00602. The van der Waals surface area contributed by atoms with Gasteiger partial charge >= 0.3 is 0 Å². The van der Waals surface area contributed by atoms with E-state index < -0.39 is 0 Å². The summed E-state index contributed by atoms with van der Waals surface area (Å²) < 4.78 is 12.9. The van der Waals surface area contributed by atoms with Crippen molar-refractivity contribution in [2.75, 3.05) is 62.6 Å². The first-order valence-corrected chi connectivity index (χ1v) is 11.5. The molecule has 166 valence electrons. The molecule has 1 aliphatic heterocycles. The minimum atomic E-state index is -0.360. The van der Waals surface area contributed by atoms with E-state index in [1.807, 2.05) is 23.6 Å². The molecule has 0 radical (unpaired) electrons. The van der Waals surface area contributed by atoms with Crippen molar-refractivity contribution in [3.8, 4) is 0 Å². The fourth-order valence-corrected chi connectivity index (χ4v) is 4.02. The van der Waals surface area contributed by atoms with Crippen LogP contribution in [0.1, 0.15) is 20.3 Å². The molecule has 1 aromatic rings. The number of hydrogen-bond acceptors (Lipinski definition) is 5. The van der Waals surface area contributed by atoms with Gasteiger partial charge in [0, 0.05) is 45.0 Å². The molecule has 0 unspecified atom stereocenters. The van der Waals surface area contributed by atoms with Crippen molar-refractivity contribution < 1.29 is 18.8 Å². The Balaban J connectivity index is 1.69. The monoisotopic (exact) mass is 438 g/mol. The van der Waals surface area contributed by atoms with Crippen LogP contribution in [0.3, 0.4) is 0 Å². The lowest BCUT2D eigenvalue weighted by Gasteiger charge is -2.25. The molecule has 0 saturated carbocycles. The normalized spacial score (nSPS) is 14.8. The first-order valence-electron chi connectivity index (χ1n) is 10.3. The third kappa shape index (κ3) is 7.95. The van der Waals surface area contributed by atoms with Gasteiger partial charge in [-0.3, -0.25) is 19.3 Å². The SMILES string of the molecule is CCN(CC)C(=O)CN1CCCN(C(=O)CSCC(=O)Nc2ccc(F)cc2)CC1. The number of rotatable bonds is 9. The molecule has 1 heterocycles. The highest BCUT2D eigenvalue weighted by Gasteiger charge is 2.21. The minimum Gasteiger partial charge on any atom is -0.342 e. The zero-order chi connectivity index (χ0) is 21.9. The number of likely N-dealkylation sites (N-methyl/N-ethyl adjacent to an activating group) is 1. The molecule has 1 aromatic carbocycles. The van der Waals surface area contributed by atoms with Crippen molar-refractivity contribution >= 4 is 35.2 Å². The van der Waals surface area contributed by atoms with Gasteiger partial charge in [0.05, 0.1) is 18.1 Å². The molecule has 1 N–H and O–H groups in total. The average molecular weight is 439 g/mol. The molecular formula is C21H31FN4O3S. The third-order valence-corrected chi connectivity index (χ3v) is 5.92. The Morgan fingerprint density at radius 2 is 1.73 bits per heavy atom. The summed E-state index contributed by atoms with van der Waals surface area (Å²) in [7, 11) is 0. The summed E-state index contributed by atoms with van der Waals surface area (Å²) in [6.45, 7) is 8.48. The van der Waals surface area contributed by atoms with Crippen molar-refractivity contribution in [3.63, 3.8) is 0 Å². The van der Waals surface area contributed by atoms with Crippen LogP contribution in [0.5, 0.6) is 0 Å². The summed E-state index contributed by atoms with van der Waals surface area (Å²) in [6.07, 6.45) is 0.826. The van der Waals surface area contributed by atoms with Gasteiger partial charge in [0.15, 0.2) is 0 Å². The lowest BCUT2D eigenvalue weighted by atomic mass is 10.3. The molecule has 9 heteroatoms. The molecule has 0 bridgehead atoms. The molecule has 2 rings (SSSR count). The van der Waals surface area contributed by atoms with E-state index in [-0.39, 0.29) is 35.0 Å². The van der Waals surface area contributed by atoms with Crippen molar-refractivity contribution in [2.24, 2.45) is 0 Å². The second kappa shape index (κ2) is 12.5. The summed E-state index contributed by atoms with van der Waals surface area (Å²) in [6, 6.07) is 5.56. The maximum Gasteiger partial charge on any atom is 0.236 e. The zero-order valence-corrected chi connectivity index (χ0v) is 18.5. The molecule has 1 aliphatic rings. The summed E-state index contributed by atoms with van der Waals surface area (Å²) in [5, 5.41) is 2.68. The van der Waals surface area contributed by atoms with Gasteiger partial charge in [-0.25, -0.2) is 4.39 Å². The Morgan fingerprint density at radius 1 is 1.03 bits per heavy atom. The predicted molar refractivity (Wildman–Crippen MR) is 118 cm³/mol. The standard InChI is InChI=1S/C21H31FN4O3S/c1-3-25(4-2)20(28)14-24-10-5-11-26(13-12-24)21(29)16-30-15-19(27)23-18-8-6-17(22)7-9-18/h6-9H,3-5,10-16H2,1-2H3,(H,23,27). The smallest absolute Gasteiger partial charge is 0.236 e. The van der Waals surface area contributed by atoms with Crippen LogP contribution in [-0.2, 0) is 14.4 Å². The van der Waals surface area contributed by atoms with Crippen LogP contribution in [0.4, 0.5) is 10.1 Å². The first kappa shape index (κ1) is 24.1. The summed E-state index contributed by atoms with van der Waals surface area (Å²) in [5.41, 5.74) is 0.528. The molecule has 0 atom stereocenters. The largest absolute Gasteiger partial charge is 0.342 e. The summed E-state index contributed by atoms with van der Waals surface area (Å²) in [5.74, 6) is -0.0665. The number of halogens is 1. The third-order valence-electron chi connectivity index (χ3n) is 5.00. The maximum atomic E-state index is 12.9. The molecule has 3 amide bonds. The van der Waals surface area contributed by atoms with E-state index in [1.165, 1.54) is 36.0 Å². The quantitative estimate of drug-likeness (QED) is 0.638. The molecule has 1 fully saturated rings. The van der Waals surface area contributed by atoms with E-state index in [0.29, 0.717) is 45.0 Å². The number of carbonyl (C=O) groups excluding carboxylic acids is 3. The average Bonchev–Trinajstić information content (AvgIpc) is 2.96. The number of hydrogen-bond donors (Lipinski definition) is 1. The van der Waals surface area contributed by atoms with Gasteiger partial charge in [-0.1, -0.05) is 0 Å². The van der Waals surface area contributed by atoms with Gasteiger partial charge in [0.25, 0.3) is 0 Å². The number of nitrogens with one attached hydrogen (secondary N) is 1. The predicted octanol–water partition coefficient (Wildman–Crippen LogP) is 1.90. The van der Waals surface area contributed by atoms with Crippen LogP contribution in [0.25, 0.3) is 0 Å². The Kier molecular flexibility index (Phi) is 10.1. The first-order chi connectivity index (χ1) is 14.4. The topological polar surface area (TPSA) is 73.0 Å². The number of anilines is 1. The van der Waals surface area contributed by atoms with Crippen molar-refractivity contribution in [3.05, 3.63) is 30.1 Å². The van der Waals surface area contributed by atoms with Gasteiger partial charge in [-0.15, -0.1) is 11.8 Å². The second-order valence-electron chi connectivity index (χ2n) is 7.12. The van der Waals surface area contributed by atoms with E-state index in [2.05, 4.69) is 10.2 Å². The van der Waals surface area contributed by atoms with Crippen LogP contribution in [0.15, 0.2) is 24.3 Å². The molecule has 30 heavy (non-hydrogen) atoms. The number of amides is 3. The molecular weight excluding hydrogens is 407 g/mol. The van der Waals surface area contributed by atoms with E-state index >= 15 is 0 Å². The molecule has 0 aromatic heterocycles. The molecule has 1 saturated heterocycles. The van der Waals surface area contributed by atoms with Crippen LogP contribution in [0, 0.1) is 5.82 Å². The number of thioether (sulfide) groups is 1. The Morgan fingerprint density at radius 3 is 2.40 bits per heavy atom. The Hall–Kier alpha value is -2.13. The van der Waals surface area contributed by atoms with Gasteiger partial charge < -0.3 is 15.1 Å². The van der Waals surface area contributed by atoms with Crippen LogP contribution >= 0.6 is 11.8 Å². The fraction of sp³-hybridized carbons (Fsp3) is 0.571. The summed E-state index contributed by atoms with van der Waals surface area (Å²) in [4.78, 5) is 42.5. The van der Waals surface area contributed by atoms with Crippen molar-refractivity contribution in [1.82, 2.24) is 14.7 Å². The lowest BCUT2D eigenvalue weighted by molar-refractivity contribution is -0.132. The molecule has 7 nitrogen and oxygen atoms in total. The summed E-state index contributed by atoms with van der Waals surface area (Å²) >= 11 is 1.26. The van der Waals surface area contributed by atoms with Crippen LogP contribution < -0.4 is 5.32 Å². The van der Waals surface area contributed by atoms with Crippen LogP contribution in [-0.4, -0.2) is 89.7 Å². The van der Waals surface area contributed by atoms with E-state index in [4.69, 9.17) is 0 Å². The van der Waals surface area contributed by atoms with Gasteiger partial charge in [-0.05, 0) is 44.5 Å². The van der Waals surface area contributed by atoms with E-state index in [1.54, 1.807) is 0 Å². The molecule has 0 spiro atoms. The van der Waals surface area contributed by atoms with Gasteiger partial charge in [-0.2, -0.15) is 0 Å². The van der Waals surface area contributed by atoms with Gasteiger partial charge in [0.2, 0.25) is 17.7 Å². The second-order valence-corrected chi connectivity index (χ2v) is 8.11. The Bertz CT molecular complexity index is 713. The zero-order valence-electron chi connectivity index (χ0n) is 17.7. The van der Waals surface area contributed by atoms with Gasteiger partial charge in [0.1, 0.15) is 5.82 Å². The molecule has 0 aliphatic carbocycles. The lowest BCUT2D eigenvalue weighted by Crippen LogP contribution is -2.42. The van der Waals surface area contributed by atoms with Crippen molar-refractivity contribution in [2.45, 2.75) is 20.3 Å². The highest BCUT2D eigenvalue weighted by molar-refractivity contribution is 8.00. The van der Waals surface area contributed by atoms with Crippen molar-refractivity contribution in [1.29, 1.82) is 0 Å². The van der Waals surface area contributed by atoms with Crippen LogP contribution in [0.2, 0.25) is 0 Å². The van der Waals surface area contributed by atoms with E-state index in [0.717, 1.165) is 13.0 Å². The van der Waals surface area contributed by atoms with E-state index in [9.17, 15) is 18.8 Å². The highest BCUT2D eigenvalue weighted by Crippen LogP contribution is 2.11. The maximum absolute atomic E-state index is 12.9. The number of carbonyl (C=O) groups is 3. The Labute approximate surface area is 182 Å².